The summed E-state index contributed by atoms with van der Waals surface area (Å²) in [5, 5.41) is 0.0225. The van der Waals surface area contributed by atoms with Gasteiger partial charge in [-0.15, -0.1) is 0 Å². The first kappa shape index (κ1) is 9.93. The molecule has 1 aromatic heterocycles. The standard InChI is InChI=1S/C12H9NOS/c14-12(10-5-4-8-13-9-10)15-11-6-2-1-3-7-11/h1-9H. The van der Waals surface area contributed by atoms with E-state index in [4.69, 9.17) is 0 Å². The highest BCUT2D eigenvalue weighted by atomic mass is 32.2. The van der Waals surface area contributed by atoms with Crippen LogP contribution < -0.4 is 0 Å². The number of nitrogens with zero attached hydrogens (tertiary/aromatic N) is 1. The van der Waals surface area contributed by atoms with Crippen LogP contribution in [0.2, 0.25) is 0 Å². The predicted molar refractivity (Wildman–Crippen MR) is 60.9 cm³/mol. The second-order valence-corrected chi connectivity index (χ2v) is 3.99. The Bertz CT molecular complexity index is 442. The van der Waals surface area contributed by atoms with Crippen LogP contribution in [0.15, 0.2) is 59.8 Å². The van der Waals surface area contributed by atoms with E-state index in [0.29, 0.717) is 5.56 Å². The maximum Gasteiger partial charge on any atom is 0.225 e. The van der Waals surface area contributed by atoms with E-state index in [9.17, 15) is 4.79 Å². The number of carbonyl (C=O) groups is 1. The number of carbonyl (C=O) groups excluding carboxylic acids is 1. The van der Waals surface area contributed by atoms with E-state index in [1.54, 1.807) is 24.5 Å². The van der Waals surface area contributed by atoms with Gasteiger partial charge < -0.3 is 0 Å². The second-order valence-electron chi connectivity index (χ2n) is 2.94. The van der Waals surface area contributed by atoms with Crippen LogP contribution >= 0.6 is 11.8 Å². The van der Waals surface area contributed by atoms with Crippen LogP contribution in [0.25, 0.3) is 0 Å². The van der Waals surface area contributed by atoms with E-state index in [2.05, 4.69) is 4.98 Å². The van der Waals surface area contributed by atoms with Crippen molar-refractivity contribution in [3.8, 4) is 0 Å². The molecule has 0 aliphatic rings. The maximum atomic E-state index is 11.7. The van der Waals surface area contributed by atoms with Crippen LogP contribution in [0, 0.1) is 0 Å². The number of thioether (sulfide) groups is 1. The summed E-state index contributed by atoms with van der Waals surface area (Å²) in [5.74, 6) is 0. The Morgan fingerprint density at radius 3 is 2.53 bits per heavy atom. The molecule has 0 fully saturated rings. The Morgan fingerprint density at radius 2 is 1.87 bits per heavy atom. The summed E-state index contributed by atoms with van der Waals surface area (Å²) in [4.78, 5) is 16.6. The van der Waals surface area contributed by atoms with Gasteiger partial charge in [0.1, 0.15) is 0 Å². The second kappa shape index (κ2) is 4.75. The van der Waals surface area contributed by atoms with Crippen molar-refractivity contribution >= 4 is 16.9 Å². The minimum Gasteiger partial charge on any atom is -0.281 e. The third-order valence-corrected chi connectivity index (χ3v) is 2.78. The number of hydrogen-bond donors (Lipinski definition) is 0. The number of rotatable bonds is 2. The molecule has 74 valence electrons. The number of benzene rings is 1. The van der Waals surface area contributed by atoms with Gasteiger partial charge in [-0.3, -0.25) is 9.78 Å². The maximum absolute atomic E-state index is 11.7. The highest BCUT2D eigenvalue weighted by Crippen LogP contribution is 2.21. The fourth-order valence-electron chi connectivity index (χ4n) is 1.14. The summed E-state index contributed by atoms with van der Waals surface area (Å²) in [5.41, 5.74) is 0.631. The van der Waals surface area contributed by atoms with Crippen molar-refractivity contribution in [2.24, 2.45) is 0 Å². The molecule has 0 atom stereocenters. The van der Waals surface area contributed by atoms with Gasteiger partial charge in [0.05, 0.1) is 0 Å². The molecule has 0 aliphatic carbocycles. The smallest absolute Gasteiger partial charge is 0.225 e. The van der Waals surface area contributed by atoms with E-state index in [1.807, 2.05) is 30.3 Å². The quantitative estimate of drug-likeness (QED) is 0.721. The molecule has 2 rings (SSSR count). The van der Waals surface area contributed by atoms with Gasteiger partial charge in [-0.25, -0.2) is 0 Å². The van der Waals surface area contributed by atoms with Crippen LogP contribution in [-0.4, -0.2) is 10.1 Å². The summed E-state index contributed by atoms with van der Waals surface area (Å²) >= 11 is 1.22. The monoisotopic (exact) mass is 215 g/mol. The van der Waals surface area contributed by atoms with Crippen molar-refractivity contribution in [1.82, 2.24) is 4.98 Å². The lowest BCUT2D eigenvalue weighted by molar-refractivity contribution is 0.108. The minimum absolute atomic E-state index is 0.0225. The third-order valence-electron chi connectivity index (χ3n) is 1.85. The van der Waals surface area contributed by atoms with E-state index >= 15 is 0 Å². The molecule has 0 saturated heterocycles. The highest BCUT2D eigenvalue weighted by molar-refractivity contribution is 8.14. The first-order valence-electron chi connectivity index (χ1n) is 4.53. The molecule has 0 unspecified atom stereocenters. The molecule has 0 spiro atoms. The van der Waals surface area contributed by atoms with Crippen molar-refractivity contribution in [3.05, 3.63) is 60.4 Å². The topological polar surface area (TPSA) is 30.0 Å². The first-order valence-corrected chi connectivity index (χ1v) is 5.35. The first-order chi connectivity index (χ1) is 7.36. The fourth-order valence-corrected chi connectivity index (χ4v) is 1.88. The zero-order chi connectivity index (χ0) is 10.5. The molecule has 2 aromatic rings. The SMILES string of the molecule is O=C(Sc1ccccc1)c1cccnc1. The van der Waals surface area contributed by atoms with Crippen molar-refractivity contribution in [1.29, 1.82) is 0 Å². The molecule has 2 nitrogen and oxygen atoms in total. The summed E-state index contributed by atoms with van der Waals surface area (Å²) in [6.45, 7) is 0. The van der Waals surface area contributed by atoms with Gasteiger partial charge in [-0.2, -0.15) is 0 Å². The molecule has 0 N–H and O–H groups in total. The third kappa shape index (κ3) is 2.67. The predicted octanol–water partition coefficient (Wildman–Crippen LogP) is 3.01. The highest BCUT2D eigenvalue weighted by Gasteiger charge is 2.06. The van der Waals surface area contributed by atoms with Crippen molar-refractivity contribution in [3.63, 3.8) is 0 Å². The van der Waals surface area contributed by atoms with Crippen LogP contribution in [0.1, 0.15) is 10.4 Å². The lowest BCUT2D eigenvalue weighted by Gasteiger charge is -1.99. The van der Waals surface area contributed by atoms with Crippen molar-refractivity contribution < 1.29 is 4.79 Å². The van der Waals surface area contributed by atoms with E-state index < -0.39 is 0 Å². The molecule has 1 heterocycles. The van der Waals surface area contributed by atoms with Gasteiger partial charge in [0.2, 0.25) is 5.12 Å². The summed E-state index contributed by atoms with van der Waals surface area (Å²) in [6.07, 6.45) is 3.24. The molecule has 0 aliphatic heterocycles. The van der Waals surface area contributed by atoms with Gasteiger partial charge in [0.25, 0.3) is 0 Å². The zero-order valence-electron chi connectivity index (χ0n) is 7.96. The Kier molecular flexibility index (Phi) is 3.15. The Hall–Kier alpha value is -1.61. The lowest BCUT2D eigenvalue weighted by Crippen LogP contribution is -1.92. The van der Waals surface area contributed by atoms with Crippen molar-refractivity contribution in [2.45, 2.75) is 4.90 Å². The summed E-state index contributed by atoms with van der Waals surface area (Å²) in [6, 6.07) is 13.1. The molecule has 15 heavy (non-hydrogen) atoms. The van der Waals surface area contributed by atoms with E-state index in [1.165, 1.54) is 11.8 Å². The van der Waals surface area contributed by atoms with Crippen LogP contribution in [0.3, 0.4) is 0 Å². The summed E-state index contributed by atoms with van der Waals surface area (Å²) < 4.78 is 0. The lowest BCUT2D eigenvalue weighted by atomic mass is 10.3. The van der Waals surface area contributed by atoms with Crippen LogP contribution in [0.4, 0.5) is 0 Å². The molecule has 0 radical (unpaired) electrons. The molecule has 3 heteroatoms. The van der Waals surface area contributed by atoms with Gasteiger partial charge in [0.15, 0.2) is 0 Å². The van der Waals surface area contributed by atoms with Gasteiger partial charge in [-0.05, 0) is 36.0 Å². The molecule has 0 bridgehead atoms. The minimum atomic E-state index is 0.0225. The number of aromatic nitrogens is 1. The number of hydrogen-bond acceptors (Lipinski definition) is 3. The van der Waals surface area contributed by atoms with E-state index in [-0.39, 0.29) is 5.12 Å². The number of pyridine rings is 1. The van der Waals surface area contributed by atoms with Crippen molar-refractivity contribution in [2.75, 3.05) is 0 Å². The Morgan fingerprint density at radius 1 is 1.07 bits per heavy atom. The molecule has 1 aromatic carbocycles. The molecular weight excluding hydrogens is 206 g/mol. The van der Waals surface area contributed by atoms with Gasteiger partial charge in [0, 0.05) is 22.9 Å². The normalized spacial score (nSPS) is 9.87. The zero-order valence-corrected chi connectivity index (χ0v) is 8.78. The van der Waals surface area contributed by atoms with Gasteiger partial charge >= 0.3 is 0 Å². The average Bonchev–Trinajstić information content (AvgIpc) is 2.31. The van der Waals surface area contributed by atoms with E-state index in [0.717, 1.165) is 4.90 Å². The van der Waals surface area contributed by atoms with Crippen LogP contribution in [0.5, 0.6) is 0 Å². The van der Waals surface area contributed by atoms with Crippen LogP contribution in [-0.2, 0) is 0 Å². The average molecular weight is 215 g/mol. The Balaban J connectivity index is 2.12. The summed E-state index contributed by atoms with van der Waals surface area (Å²) in [7, 11) is 0. The van der Waals surface area contributed by atoms with Gasteiger partial charge in [-0.1, -0.05) is 18.2 Å². The molecule has 0 amide bonds. The Labute approximate surface area is 92.4 Å². The molecule has 0 saturated carbocycles. The fraction of sp³-hybridized carbons (Fsp3) is 0. The molecular formula is C12H9NOS. The largest absolute Gasteiger partial charge is 0.281 e.